The molecule has 0 aliphatic rings. The van der Waals surface area contributed by atoms with Gasteiger partial charge in [0.25, 0.3) is 0 Å². The molecular weight excluding hydrogens is 476 g/mol. The van der Waals surface area contributed by atoms with Gasteiger partial charge in [0.05, 0.1) is 11.3 Å². The first-order valence-corrected chi connectivity index (χ1v) is 12.8. The number of fused-ring (bicyclic) bond motifs is 1. The van der Waals surface area contributed by atoms with Crippen LogP contribution in [0.2, 0.25) is 0 Å². The van der Waals surface area contributed by atoms with Crippen molar-refractivity contribution < 1.29 is 18.3 Å². The summed E-state index contributed by atoms with van der Waals surface area (Å²) < 4.78 is 31.8. The smallest absolute Gasteiger partial charge is 0.426 e. The molecule has 4 rings (SSSR count). The molecule has 2 aromatic heterocycles. The number of hydrogen-bond acceptors (Lipinski definition) is 6. The lowest BCUT2D eigenvalue weighted by Crippen LogP contribution is -2.42. The monoisotopic (exact) mass is 505 g/mol. The van der Waals surface area contributed by atoms with Crippen molar-refractivity contribution in [3.05, 3.63) is 82.8 Å². The van der Waals surface area contributed by atoms with Crippen molar-refractivity contribution in [2.24, 2.45) is 0 Å². The first kappa shape index (κ1) is 25.5. The molecule has 8 nitrogen and oxygen atoms in total. The normalized spacial score (nSPS) is 12.9. The molecular formula is C27H29N4O4S-. The number of rotatable bonds is 7. The summed E-state index contributed by atoms with van der Waals surface area (Å²) in [6.07, 6.45) is 0.144. The molecule has 0 fully saturated rings. The van der Waals surface area contributed by atoms with Crippen molar-refractivity contribution in [1.29, 1.82) is 0 Å². The Morgan fingerprint density at radius 1 is 1.08 bits per heavy atom. The lowest BCUT2D eigenvalue weighted by molar-refractivity contribution is 0.168. The highest BCUT2D eigenvalue weighted by Crippen LogP contribution is 2.24. The standard InChI is InChI=1S/C27H30N4O4S/c1-6-24-29-25-18(3)15-19(4)28-26(25)30(24)22-11-9-21(10-12-22)16-20(5)31(36(33)34)27(32)35-23-13-7-17(2)8-14-23/h7-15,20H,6,16H2,1-5H3,(H,33,34)/p-1. The van der Waals surface area contributed by atoms with Gasteiger partial charge in [-0.25, -0.2) is 19.1 Å². The number of benzene rings is 2. The van der Waals surface area contributed by atoms with E-state index in [2.05, 4.69) is 11.5 Å². The minimum Gasteiger partial charge on any atom is -0.755 e. The van der Waals surface area contributed by atoms with E-state index < -0.39 is 23.4 Å². The van der Waals surface area contributed by atoms with E-state index in [-0.39, 0.29) is 5.75 Å². The average molecular weight is 506 g/mol. The minimum atomic E-state index is -2.78. The number of nitrogens with zero attached hydrogens (tertiary/aromatic N) is 4. The van der Waals surface area contributed by atoms with E-state index in [0.29, 0.717) is 6.42 Å². The second kappa shape index (κ2) is 10.6. The van der Waals surface area contributed by atoms with Crippen molar-refractivity contribution in [3.63, 3.8) is 0 Å². The molecule has 1 amide bonds. The fourth-order valence-corrected chi connectivity index (χ4v) is 4.79. The van der Waals surface area contributed by atoms with Crippen LogP contribution in [-0.2, 0) is 24.1 Å². The maximum absolute atomic E-state index is 12.6. The molecule has 2 unspecified atom stereocenters. The van der Waals surface area contributed by atoms with Gasteiger partial charge in [0.2, 0.25) is 0 Å². The zero-order valence-corrected chi connectivity index (χ0v) is 21.8. The Kier molecular flexibility index (Phi) is 7.51. The molecule has 9 heteroatoms. The number of carbonyl (C=O) groups excluding carboxylic acids is 1. The van der Waals surface area contributed by atoms with Crippen LogP contribution in [0, 0.1) is 20.8 Å². The van der Waals surface area contributed by atoms with Gasteiger partial charge in [-0.2, -0.15) is 0 Å². The summed E-state index contributed by atoms with van der Waals surface area (Å²) in [6.45, 7) is 9.65. The molecule has 36 heavy (non-hydrogen) atoms. The first-order chi connectivity index (χ1) is 17.2. The topological polar surface area (TPSA) is 100 Å². The molecule has 0 bridgehead atoms. The largest absolute Gasteiger partial charge is 0.755 e. The molecule has 0 aliphatic heterocycles. The summed E-state index contributed by atoms with van der Waals surface area (Å²) in [7, 11) is 0. The number of ether oxygens (including phenoxy) is 1. The lowest BCUT2D eigenvalue weighted by Gasteiger charge is -2.29. The predicted octanol–water partition coefficient (Wildman–Crippen LogP) is 5.13. The van der Waals surface area contributed by atoms with E-state index in [1.807, 2.05) is 51.1 Å². The summed E-state index contributed by atoms with van der Waals surface area (Å²) in [5, 5.41) is 0. The molecule has 0 N–H and O–H groups in total. The first-order valence-electron chi connectivity index (χ1n) is 11.8. The number of amides is 1. The van der Waals surface area contributed by atoms with Crippen LogP contribution in [0.15, 0.2) is 54.6 Å². The van der Waals surface area contributed by atoms with Crippen LogP contribution >= 0.6 is 0 Å². The molecule has 2 aromatic carbocycles. The Labute approximate surface area is 213 Å². The van der Waals surface area contributed by atoms with Crippen LogP contribution in [0.3, 0.4) is 0 Å². The summed E-state index contributed by atoms with van der Waals surface area (Å²) in [6, 6.07) is 16.0. The highest BCUT2D eigenvalue weighted by molar-refractivity contribution is 7.77. The van der Waals surface area contributed by atoms with Gasteiger partial charge in [0, 0.05) is 23.8 Å². The maximum Gasteiger partial charge on any atom is 0.426 e. The molecule has 188 valence electrons. The molecule has 0 radical (unpaired) electrons. The van der Waals surface area contributed by atoms with E-state index in [1.165, 1.54) is 0 Å². The van der Waals surface area contributed by atoms with Crippen molar-refractivity contribution in [1.82, 2.24) is 18.8 Å². The van der Waals surface area contributed by atoms with Gasteiger partial charge < -0.3 is 9.29 Å². The molecule has 4 aromatic rings. The second-order valence-electron chi connectivity index (χ2n) is 8.91. The fourth-order valence-electron chi connectivity index (χ4n) is 4.26. The van der Waals surface area contributed by atoms with Crippen LogP contribution in [0.5, 0.6) is 5.75 Å². The van der Waals surface area contributed by atoms with Gasteiger partial charge in [0.15, 0.2) is 5.65 Å². The van der Waals surface area contributed by atoms with E-state index >= 15 is 0 Å². The minimum absolute atomic E-state index is 0.288. The number of aromatic nitrogens is 3. The summed E-state index contributed by atoms with van der Waals surface area (Å²) >= 11 is -2.78. The summed E-state index contributed by atoms with van der Waals surface area (Å²) in [5.41, 5.74) is 6.52. The maximum atomic E-state index is 12.6. The van der Waals surface area contributed by atoms with Gasteiger partial charge in [-0.15, -0.1) is 0 Å². The Morgan fingerprint density at radius 2 is 1.75 bits per heavy atom. The quantitative estimate of drug-likeness (QED) is 0.323. The van der Waals surface area contributed by atoms with E-state index in [1.54, 1.807) is 31.2 Å². The predicted molar refractivity (Wildman–Crippen MR) is 139 cm³/mol. The van der Waals surface area contributed by atoms with Gasteiger partial charge in [-0.05, 0) is 75.6 Å². The van der Waals surface area contributed by atoms with Gasteiger partial charge in [0.1, 0.15) is 17.1 Å². The summed E-state index contributed by atoms with van der Waals surface area (Å²) in [4.78, 5) is 22.1. The molecule has 0 saturated carbocycles. The SMILES string of the molecule is CCc1nc2c(C)cc(C)nc2n1-c1ccc(CC(C)N(C(=O)Oc2ccc(C)cc2)S(=O)[O-])cc1. The fraction of sp³-hybridized carbons (Fsp3) is 0.296. The van der Waals surface area contributed by atoms with Gasteiger partial charge >= 0.3 is 6.09 Å². The van der Waals surface area contributed by atoms with Crippen molar-refractivity contribution >= 4 is 28.5 Å². The van der Waals surface area contributed by atoms with Crippen LogP contribution in [0.4, 0.5) is 4.79 Å². The Bertz CT molecular complexity index is 1410. The van der Waals surface area contributed by atoms with Crippen LogP contribution in [0.1, 0.15) is 42.1 Å². The highest BCUT2D eigenvalue weighted by atomic mass is 32.2. The average Bonchev–Trinajstić information content (AvgIpc) is 3.19. The summed E-state index contributed by atoms with van der Waals surface area (Å²) in [5.74, 6) is 1.20. The number of imidazole rings is 1. The van der Waals surface area contributed by atoms with Crippen LogP contribution in [-0.4, -0.2) is 39.7 Å². The Balaban J connectivity index is 1.55. The Hall–Kier alpha value is -3.56. The third-order valence-corrected chi connectivity index (χ3v) is 6.84. The molecule has 0 spiro atoms. The van der Waals surface area contributed by atoms with Crippen molar-refractivity contribution in [2.45, 2.75) is 53.5 Å². The molecule has 2 heterocycles. The third kappa shape index (κ3) is 5.32. The number of hydrogen-bond donors (Lipinski definition) is 0. The molecule has 2 atom stereocenters. The number of aryl methyl sites for hydroxylation is 4. The zero-order chi connectivity index (χ0) is 26.0. The molecule has 0 saturated heterocycles. The Morgan fingerprint density at radius 3 is 2.36 bits per heavy atom. The van der Waals surface area contributed by atoms with Crippen molar-refractivity contribution in [2.75, 3.05) is 0 Å². The zero-order valence-electron chi connectivity index (χ0n) is 21.0. The third-order valence-electron chi connectivity index (χ3n) is 6.01. The van der Waals surface area contributed by atoms with Gasteiger partial charge in [-0.1, -0.05) is 36.8 Å². The van der Waals surface area contributed by atoms with E-state index in [9.17, 15) is 13.6 Å². The van der Waals surface area contributed by atoms with Crippen LogP contribution < -0.4 is 4.74 Å². The van der Waals surface area contributed by atoms with E-state index in [4.69, 9.17) is 14.7 Å². The number of pyridine rings is 1. The molecule has 0 aliphatic carbocycles. The van der Waals surface area contributed by atoms with Gasteiger partial charge in [-0.3, -0.25) is 8.78 Å². The van der Waals surface area contributed by atoms with Crippen LogP contribution in [0.25, 0.3) is 16.9 Å². The van der Waals surface area contributed by atoms with Crippen molar-refractivity contribution in [3.8, 4) is 11.4 Å². The number of carbonyl (C=O) groups is 1. The second-order valence-corrected chi connectivity index (χ2v) is 9.74. The lowest BCUT2D eigenvalue weighted by atomic mass is 10.1. The van der Waals surface area contributed by atoms with E-state index in [0.717, 1.165) is 55.8 Å². The highest BCUT2D eigenvalue weighted by Gasteiger charge is 2.24.